The van der Waals surface area contributed by atoms with Gasteiger partial charge >= 0.3 is 0 Å². The third kappa shape index (κ3) is 3.85. The van der Waals surface area contributed by atoms with Crippen LogP contribution in [-0.4, -0.2) is 21.2 Å². The first kappa shape index (κ1) is 16.7. The van der Waals surface area contributed by atoms with Crippen LogP contribution in [0.5, 0.6) is 0 Å². The zero-order chi connectivity index (χ0) is 17.8. The van der Waals surface area contributed by atoms with E-state index < -0.39 is 0 Å². The molecule has 1 aromatic carbocycles. The number of anilines is 1. The number of benzene rings is 1. The Hall–Kier alpha value is -3.15. The van der Waals surface area contributed by atoms with Gasteiger partial charge < -0.3 is 15.0 Å². The summed E-state index contributed by atoms with van der Waals surface area (Å²) in [6.45, 7) is 3.73. The normalized spacial score (nSPS) is 11.9. The fraction of sp³-hybridized carbons (Fsp3) is 0.211. The van der Waals surface area contributed by atoms with Crippen LogP contribution in [0.25, 0.3) is 5.52 Å². The van der Waals surface area contributed by atoms with Crippen LogP contribution in [0.4, 0.5) is 5.69 Å². The van der Waals surface area contributed by atoms with Crippen molar-refractivity contribution in [2.45, 2.75) is 26.3 Å². The van der Waals surface area contributed by atoms with Gasteiger partial charge in [-0.2, -0.15) is 0 Å². The number of nitrogens with one attached hydrogen (secondary N) is 2. The summed E-state index contributed by atoms with van der Waals surface area (Å²) < 4.78 is 1.85. The summed E-state index contributed by atoms with van der Waals surface area (Å²) in [4.78, 5) is 27.9. The van der Waals surface area contributed by atoms with E-state index in [2.05, 4.69) is 15.6 Å². The molecule has 2 amide bonds. The lowest BCUT2D eigenvalue weighted by atomic mass is 10.1. The van der Waals surface area contributed by atoms with E-state index in [0.29, 0.717) is 12.0 Å². The predicted molar refractivity (Wildman–Crippen MR) is 96.4 cm³/mol. The first-order valence-electron chi connectivity index (χ1n) is 8.19. The van der Waals surface area contributed by atoms with Crippen molar-refractivity contribution in [1.82, 2.24) is 14.7 Å². The molecule has 0 bridgehead atoms. The Bertz CT molecular complexity index is 899. The zero-order valence-electron chi connectivity index (χ0n) is 14.2. The van der Waals surface area contributed by atoms with Crippen LogP contribution in [0.15, 0.2) is 55.1 Å². The van der Waals surface area contributed by atoms with Crippen molar-refractivity contribution >= 4 is 23.0 Å². The molecule has 0 aliphatic heterocycles. The van der Waals surface area contributed by atoms with Crippen molar-refractivity contribution in [2.75, 3.05) is 5.32 Å². The van der Waals surface area contributed by atoms with Crippen molar-refractivity contribution in [2.24, 2.45) is 0 Å². The quantitative estimate of drug-likeness (QED) is 0.751. The number of amides is 2. The lowest BCUT2D eigenvalue weighted by molar-refractivity contribution is -0.115. The second-order valence-corrected chi connectivity index (χ2v) is 5.86. The Balaban J connectivity index is 1.67. The van der Waals surface area contributed by atoms with E-state index in [4.69, 9.17) is 0 Å². The molecule has 3 rings (SSSR count). The molecule has 25 heavy (non-hydrogen) atoms. The van der Waals surface area contributed by atoms with Gasteiger partial charge in [-0.15, -0.1) is 0 Å². The largest absolute Gasteiger partial charge is 0.346 e. The van der Waals surface area contributed by atoms with Crippen molar-refractivity contribution < 1.29 is 9.59 Å². The van der Waals surface area contributed by atoms with E-state index >= 15 is 0 Å². The fourth-order valence-electron chi connectivity index (χ4n) is 2.53. The molecule has 0 unspecified atom stereocenters. The van der Waals surface area contributed by atoms with E-state index in [9.17, 15) is 9.59 Å². The number of aromatic nitrogens is 2. The van der Waals surface area contributed by atoms with E-state index in [-0.39, 0.29) is 17.9 Å². The summed E-state index contributed by atoms with van der Waals surface area (Å²) in [5, 5.41) is 5.79. The summed E-state index contributed by atoms with van der Waals surface area (Å²) in [5.74, 6) is -0.163. The van der Waals surface area contributed by atoms with E-state index in [1.807, 2.05) is 48.7 Å². The fourth-order valence-corrected chi connectivity index (χ4v) is 2.53. The summed E-state index contributed by atoms with van der Waals surface area (Å²) in [7, 11) is 0. The maximum absolute atomic E-state index is 12.4. The SMILES string of the molecule is CCC(=O)Nc1ccc([C@H](C)NC(=O)c2ccn3cncc3c2)cc1. The number of hydrogen-bond donors (Lipinski definition) is 2. The number of pyridine rings is 1. The predicted octanol–water partition coefficient (Wildman–Crippen LogP) is 3.17. The molecule has 0 aliphatic rings. The second kappa shape index (κ2) is 7.17. The highest BCUT2D eigenvalue weighted by atomic mass is 16.2. The molecule has 6 heteroatoms. The van der Waals surface area contributed by atoms with Crippen molar-refractivity contribution in [1.29, 1.82) is 0 Å². The third-order valence-electron chi connectivity index (χ3n) is 4.04. The Morgan fingerprint density at radius 1 is 1.20 bits per heavy atom. The van der Waals surface area contributed by atoms with Gasteiger partial charge in [0.15, 0.2) is 0 Å². The van der Waals surface area contributed by atoms with Crippen LogP contribution in [0.2, 0.25) is 0 Å². The number of carbonyl (C=O) groups is 2. The zero-order valence-corrected chi connectivity index (χ0v) is 14.2. The van der Waals surface area contributed by atoms with Gasteiger partial charge in [0.1, 0.15) is 0 Å². The molecule has 0 spiro atoms. The third-order valence-corrected chi connectivity index (χ3v) is 4.04. The van der Waals surface area contributed by atoms with Crippen molar-refractivity contribution in [3.8, 4) is 0 Å². The minimum Gasteiger partial charge on any atom is -0.346 e. The van der Waals surface area contributed by atoms with E-state index in [1.165, 1.54) is 0 Å². The molecule has 0 aliphatic carbocycles. The highest BCUT2D eigenvalue weighted by molar-refractivity contribution is 5.95. The average molecular weight is 336 g/mol. The number of hydrogen-bond acceptors (Lipinski definition) is 3. The Labute approximate surface area is 145 Å². The second-order valence-electron chi connectivity index (χ2n) is 5.86. The lowest BCUT2D eigenvalue weighted by Gasteiger charge is -2.15. The van der Waals surface area contributed by atoms with Crippen LogP contribution in [0, 0.1) is 0 Å². The highest BCUT2D eigenvalue weighted by Gasteiger charge is 2.12. The molecule has 2 aromatic heterocycles. The van der Waals surface area contributed by atoms with Crippen LogP contribution < -0.4 is 10.6 Å². The molecular formula is C19H20N4O2. The van der Waals surface area contributed by atoms with Gasteiger partial charge in [0.05, 0.1) is 24.1 Å². The van der Waals surface area contributed by atoms with Gasteiger partial charge in [0.25, 0.3) is 5.91 Å². The molecule has 3 aromatic rings. The minimum absolute atomic E-state index is 0.0237. The maximum atomic E-state index is 12.4. The average Bonchev–Trinajstić information content (AvgIpc) is 3.09. The lowest BCUT2D eigenvalue weighted by Crippen LogP contribution is -2.26. The Kier molecular flexibility index (Phi) is 4.79. The highest BCUT2D eigenvalue weighted by Crippen LogP contribution is 2.17. The minimum atomic E-state index is -0.149. The van der Waals surface area contributed by atoms with Gasteiger partial charge in [-0.1, -0.05) is 19.1 Å². The Morgan fingerprint density at radius 3 is 2.68 bits per heavy atom. The molecule has 1 atom stereocenters. The van der Waals surface area contributed by atoms with Crippen LogP contribution in [-0.2, 0) is 4.79 Å². The molecular weight excluding hydrogens is 316 g/mol. The van der Waals surface area contributed by atoms with Crippen molar-refractivity contribution in [3.63, 3.8) is 0 Å². The molecule has 0 fully saturated rings. The van der Waals surface area contributed by atoms with Gasteiger partial charge in [0.2, 0.25) is 5.91 Å². The van der Waals surface area contributed by atoms with Gasteiger partial charge in [-0.3, -0.25) is 9.59 Å². The monoisotopic (exact) mass is 336 g/mol. The summed E-state index contributed by atoms with van der Waals surface area (Å²) in [6, 6.07) is 10.9. The summed E-state index contributed by atoms with van der Waals surface area (Å²) in [5.41, 5.74) is 3.18. The van der Waals surface area contributed by atoms with Gasteiger partial charge in [-0.25, -0.2) is 4.98 Å². The molecule has 128 valence electrons. The summed E-state index contributed by atoms with van der Waals surface area (Å²) >= 11 is 0. The number of rotatable bonds is 5. The molecule has 6 nitrogen and oxygen atoms in total. The number of carbonyl (C=O) groups excluding carboxylic acids is 2. The standard InChI is InChI=1S/C19H20N4O2/c1-3-18(24)22-16-6-4-14(5-7-16)13(2)21-19(25)15-8-9-23-12-20-11-17(23)10-15/h4-13H,3H2,1-2H3,(H,21,25)(H,22,24)/t13-/m0/s1. The first-order valence-corrected chi connectivity index (χ1v) is 8.19. The number of nitrogens with zero attached hydrogens (tertiary/aromatic N) is 2. The molecule has 0 saturated carbocycles. The van der Waals surface area contributed by atoms with E-state index in [1.54, 1.807) is 24.7 Å². The smallest absolute Gasteiger partial charge is 0.251 e. The van der Waals surface area contributed by atoms with Gasteiger partial charge in [0, 0.05) is 23.9 Å². The van der Waals surface area contributed by atoms with Crippen LogP contribution in [0.3, 0.4) is 0 Å². The molecule has 2 heterocycles. The maximum Gasteiger partial charge on any atom is 0.251 e. The van der Waals surface area contributed by atoms with Crippen molar-refractivity contribution in [3.05, 3.63) is 66.2 Å². The molecule has 0 radical (unpaired) electrons. The number of imidazole rings is 1. The molecule has 2 N–H and O–H groups in total. The van der Waals surface area contributed by atoms with Crippen LogP contribution >= 0.6 is 0 Å². The van der Waals surface area contributed by atoms with Crippen LogP contribution in [0.1, 0.15) is 42.2 Å². The topological polar surface area (TPSA) is 75.5 Å². The first-order chi connectivity index (χ1) is 12.1. The Morgan fingerprint density at radius 2 is 1.96 bits per heavy atom. The van der Waals surface area contributed by atoms with Gasteiger partial charge in [-0.05, 0) is 36.8 Å². The number of fused-ring (bicyclic) bond motifs is 1. The summed E-state index contributed by atoms with van der Waals surface area (Å²) in [6.07, 6.45) is 5.66. The molecule has 0 saturated heterocycles. The van der Waals surface area contributed by atoms with E-state index in [0.717, 1.165) is 16.8 Å².